The number of benzene rings is 1. The normalized spacial score (nSPS) is 14.7. The third kappa shape index (κ3) is 3.37. The fraction of sp³-hybridized carbons (Fsp3) is 0.429. The Kier molecular flexibility index (Phi) is 4.03. The SMILES string of the molecule is Fc1cccc(Cc2nnc(CCNC3CC3)s2)c1F. The van der Waals surface area contributed by atoms with Crippen LogP contribution in [0.3, 0.4) is 0 Å². The van der Waals surface area contributed by atoms with E-state index in [0.717, 1.165) is 29.0 Å². The fourth-order valence-electron chi connectivity index (χ4n) is 1.98. The van der Waals surface area contributed by atoms with E-state index >= 15 is 0 Å². The van der Waals surface area contributed by atoms with Gasteiger partial charge in [-0.3, -0.25) is 0 Å². The summed E-state index contributed by atoms with van der Waals surface area (Å²) in [5, 5.41) is 13.2. The molecule has 3 rings (SSSR count). The van der Waals surface area contributed by atoms with Crippen LogP contribution in [-0.2, 0) is 12.8 Å². The maximum atomic E-state index is 13.6. The highest BCUT2D eigenvalue weighted by molar-refractivity contribution is 7.11. The van der Waals surface area contributed by atoms with Crippen molar-refractivity contribution in [2.75, 3.05) is 6.54 Å². The van der Waals surface area contributed by atoms with Crippen LogP contribution in [-0.4, -0.2) is 22.8 Å². The van der Waals surface area contributed by atoms with Crippen molar-refractivity contribution in [2.45, 2.75) is 31.7 Å². The lowest BCUT2D eigenvalue weighted by atomic mass is 10.1. The Balaban J connectivity index is 1.59. The molecule has 0 atom stereocenters. The van der Waals surface area contributed by atoms with Crippen LogP contribution in [0, 0.1) is 11.6 Å². The molecule has 1 fully saturated rings. The van der Waals surface area contributed by atoms with Gasteiger partial charge in [-0.15, -0.1) is 21.5 Å². The first kappa shape index (κ1) is 13.6. The first-order chi connectivity index (χ1) is 9.72. The molecule has 106 valence electrons. The Hall–Kier alpha value is -1.40. The van der Waals surface area contributed by atoms with Gasteiger partial charge in [0.15, 0.2) is 11.6 Å². The highest BCUT2D eigenvalue weighted by Crippen LogP contribution is 2.20. The van der Waals surface area contributed by atoms with E-state index in [1.165, 1.54) is 30.2 Å². The van der Waals surface area contributed by atoms with E-state index in [0.29, 0.717) is 11.6 Å². The molecule has 20 heavy (non-hydrogen) atoms. The number of halogens is 2. The highest BCUT2D eigenvalue weighted by atomic mass is 32.1. The van der Waals surface area contributed by atoms with Crippen LogP contribution in [0.4, 0.5) is 8.78 Å². The Morgan fingerprint density at radius 1 is 1.20 bits per heavy atom. The second kappa shape index (κ2) is 5.93. The number of nitrogens with one attached hydrogen (secondary N) is 1. The van der Waals surface area contributed by atoms with E-state index in [4.69, 9.17) is 0 Å². The van der Waals surface area contributed by atoms with Gasteiger partial charge in [-0.05, 0) is 24.5 Å². The van der Waals surface area contributed by atoms with E-state index in [9.17, 15) is 8.78 Å². The van der Waals surface area contributed by atoms with Gasteiger partial charge in [-0.1, -0.05) is 12.1 Å². The van der Waals surface area contributed by atoms with Crippen LogP contribution < -0.4 is 5.32 Å². The van der Waals surface area contributed by atoms with Crippen molar-refractivity contribution in [1.82, 2.24) is 15.5 Å². The quantitative estimate of drug-likeness (QED) is 0.890. The predicted octanol–water partition coefficient (Wildman–Crippen LogP) is 2.70. The van der Waals surface area contributed by atoms with Crippen LogP contribution in [0.5, 0.6) is 0 Å². The summed E-state index contributed by atoms with van der Waals surface area (Å²) in [6, 6.07) is 4.89. The van der Waals surface area contributed by atoms with Gasteiger partial charge in [0.25, 0.3) is 0 Å². The largest absolute Gasteiger partial charge is 0.314 e. The summed E-state index contributed by atoms with van der Waals surface area (Å²) in [7, 11) is 0. The molecule has 0 unspecified atom stereocenters. The number of hydrogen-bond donors (Lipinski definition) is 1. The maximum absolute atomic E-state index is 13.6. The standard InChI is InChI=1S/C14H15F2N3S/c15-11-3-1-2-9(14(11)16)8-13-19-18-12(20-13)6-7-17-10-4-5-10/h1-3,10,17H,4-8H2. The molecule has 0 aliphatic heterocycles. The summed E-state index contributed by atoms with van der Waals surface area (Å²) in [5.41, 5.74) is 0.323. The molecule has 1 aromatic heterocycles. The second-order valence-corrected chi connectivity index (χ2v) is 6.10. The molecule has 1 aromatic carbocycles. The molecule has 1 aliphatic carbocycles. The molecular formula is C14H15F2N3S. The smallest absolute Gasteiger partial charge is 0.162 e. The Bertz CT molecular complexity index is 596. The number of hydrogen-bond acceptors (Lipinski definition) is 4. The van der Waals surface area contributed by atoms with Gasteiger partial charge >= 0.3 is 0 Å². The van der Waals surface area contributed by atoms with E-state index in [2.05, 4.69) is 15.5 Å². The maximum Gasteiger partial charge on any atom is 0.162 e. The molecule has 1 saturated carbocycles. The zero-order valence-corrected chi connectivity index (χ0v) is 11.7. The first-order valence-corrected chi connectivity index (χ1v) is 7.51. The summed E-state index contributed by atoms with van der Waals surface area (Å²) in [4.78, 5) is 0. The molecule has 2 aromatic rings. The highest BCUT2D eigenvalue weighted by Gasteiger charge is 2.20. The van der Waals surface area contributed by atoms with Gasteiger partial charge in [0.1, 0.15) is 10.0 Å². The van der Waals surface area contributed by atoms with Gasteiger partial charge in [-0.25, -0.2) is 8.78 Å². The van der Waals surface area contributed by atoms with Gasteiger partial charge in [0, 0.05) is 25.4 Å². The first-order valence-electron chi connectivity index (χ1n) is 6.70. The minimum atomic E-state index is -0.819. The van der Waals surface area contributed by atoms with Crippen LogP contribution in [0.15, 0.2) is 18.2 Å². The Morgan fingerprint density at radius 2 is 2.00 bits per heavy atom. The van der Waals surface area contributed by atoms with Crippen LogP contribution in [0.2, 0.25) is 0 Å². The molecule has 1 N–H and O–H groups in total. The van der Waals surface area contributed by atoms with Crippen molar-refractivity contribution >= 4 is 11.3 Å². The second-order valence-electron chi connectivity index (χ2n) is 4.96. The Morgan fingerprint density at radius 3 is 2.80 bits per heavy atom. The van der Waals surface area contributed by atoms with E-state index < -0.39 is 11.6 Å². The minimum Gasteiger partial charge on any atom is -0.314 e. The van der Waals surface area contributed by atoms with E-state index in [1.807, 2.05) is 0 Å². The van der Waals surface area contributed by atoms with Crippen molar-refractivity contribution in [2.24, 2.45) is 0 Å². The van der Waals surface area contributed by atoms with Crippen molar-refractivity contribution in [1.29, 1.82) is 0 Å². The molecule has 6 heteroatoms. The molecular weight excluding hydrogens is 280 g/mol. The summed E-state index contributed by atoms with van der Waals surface area (Å²) in [6.07, 6.45) is 3.65. The lowest BCUT2D eigenvalue weighted by molar-refractivity contribution is 0.500. The predicted molar refractivity (Wildman–Crippen MR) is 73.8 cm³/mol. The minimum absolute atomic E-state index is 0.289. The average molecular weight is 295 g/mol. The van der Waals surface area contributed by atoms with Gasteiger partial charge in [0.2, 0.25) is 0 Å². The lowest BCUT2D eigenvalue weighted by Crippen LogP contribution is -2.19. The Labute approximate surface area is 120 Å². The molecule has 0 saturated heterocycles. The average Bonchev–Trinajstić information content (AvgIpc) is 3.15. The molecule has 1 heterocycles. The van der Waals surface area contributed by atoms with Gasteiger partial charge in [-0.2, -0.15) is 0 Å². The van der Waals surface area contributed by atoms with Crippen molar-refractivity contribution in [3.63, 3.8) is 0 Å². The molecule has 0 radical (unpaired) electrons. The third-order valence-electron chi connectivity index (χ3n) is 3.23. The molecule has 3 nitrogen and oxygen atoms in total. The van der Waals surface area contributed by atoms with Crippen LogP contribution in [0.1, 0.15) is 28.4 Å². The van der Waals surface area contributed by atoms with Gasteiger partial charge in [0.05, 0.1) is 0 Å². The van der Waals surface area contributed by atoms with Crippen molar-refractivity contribution < 1.29 is 8.78 Å². The zero-order valence-electron chi connectivity index (χ0n) is 10.9. The third-order valence-corrected chi connectivity index (χ3v) is 4.21. The molecule has 0 amide bonds. The van der Waals surface area contributed by atoms with Crippen molar-refractivity contribution in [3.05, 3.63) is 45.4 Å². The van der Waals surface area contributed by atoms with E-state index in [-0.39, 0.29) is 6.42 Å². The number of rotatable bonds is 6. The molecule has 0 bridgehead atoms. The summed E-state index contributed by atoms with van der Waals surface area (Å²) >= 11 is 1.46. The number of aromatic nitrogens is 2. The molecule has 0 spiro atoms. The summed E-state index contributed by atoms with van der Waals surface area (Å²) in [6.45, 7) is 0.896. The summed E-state index contributed by atoms with van der Waals surface area (Å²) < 4.78 is 26.7. The molecule has 1 aliphatic rings. The fourth-order valence-corrected chi connectivity index (χ4v) is 2.85. The monoisotopic (exact) mass is 295 g/mol. The van der Waals surface area contributed by atoms with Crippen molar-refractivity contribution in [3.8, 4) is 0 Å². The zero-order chi connectivity index (χ0) is 13.9. The summed E-state index contributed by atoms with van der Waals surface area (Å²) in [5.74, 6) is -1.61. The van der Waals surface area contributed by atoms with E-state index in [1.54, 1.807) is 6.07 Å². The van der Waals surface area contributed by atoms with Gasteiger partial charge < -0.3 is 5.32 Å². The number of nitrogens with zero attached hydrogens (tertiary/aromatic N) is 2. The van der Waals surface area contributed by atoms with Crippen LogP contribution in [0.25, 0.3) is 0 Å². The lowest BCUT2D eigenvalue weighted by Gasteiger charge is -2.00. The van der Waals surface area contributed by atoms with Crippen LogP contribution >= 0.6 is 11.3 Å². The topological polar surface area (TPSA) is 37.8 Å².